The minimum atomic E-state index is -0.980. The van der Waals surface area contributed by atoms with Crippen molar-refractivity contribution >= 4 is 33.3 Å². The van der Waals surface area contributed by atoms with Gasteiger partial charge in [-0.2, -0.15) is 0 Å². The fourth-order valence-corrected chi connectivity index (χ4v) is 4.60. The van der Waals surface area contributed by atoms with Crippen LogP contribution in [0.1, 0.15) is 40.2 Å². The SMILES string of the molecule is Cc1c(C(=O)OC(C)C(=O)NC2CCOc3ccccc32)sc2cccc(F)c12. The monoisotopic (exact) mass is 413 g/mol. The van der Waals surface area contributed by atoms with E-state index in [0.29, 0.717) is 33.6 Å². The second-order valence-electron chi connectivity index (χ2n) is 6.95. The Bertz CT molecular complexity index is 1090. The molecule has 1 aromatic heterocycles. The van der Waals surface area contributed by atoms with Crippen LogP contribution >= 0.6 is 11.3 Å². The van der Waals surface area contributed by atoms with Crippen LogP contribution in [0, 0.1) is 12.7 Å². The third-order valence-electron chi connectivity index (χ3n) is 5.02. The highest BCUT2D eigenvalue weighted by Crippen LogP contribution is 2.34. The molecule has 0 bridgehead atoms. The molecule has 0 saturated heterocycles. The molecule has 1 aliphatic rings. The molecular formula is C22H20FNO4S. The number of ether oxygens (including phenoxy) is 2. The smallest absolute Gasteiger partial charge is 0.349 e. The van der Waals surface area contributed by atoms with Crippen LogP contribution in [0.2, 0.25) is 0 Å². The maximum absolute atomic E-state index is 14.1. The van der Waals surface area contributed by atoms with Crippen LogP contribution in [-0.2, 0) is 9.53 Å². The van der Waals surface area contributed by atoms with Gasteiger partial charge >= 0.3 is 5.97 Å². The summed E-state index contributed by atoms with van der Waals surface area (Å²) in [5.41, 5.74) is 1.43. The number of thiophene rings is 1. The first-order chi connectivity index (χ1) is 14.0. The van der Waals surface area contributed by atoms with Gasteiger partial charge in [-0.3, -0.25) is 4.79 Å². The van der Waals surface area contributed by atoms with Gasteiger partial charge in [0.1, 0.15) is 16.4 Å². The molecule has 2 aromatic carbocycles. The van der Waals surface area contributed by atoms with Crippen LogP contribution < -0.4 is 10.1 Å². The molecule has 0 spiro atoms. The third-order valence-corrected chi connectivity index (χ3v) is 6.25. The van der Waals surface area contributed by atoms with Crippen molar-refractivity contribution in [3.05, 3.63) is 64.3 Å². The van der Waals surface area contributed by atoms with E-state index in [1.807, 2.05) is 24.3 Å². The van der Waals surface area contributed by atoms with Gasteiger partial charge in [0.05, 0.1) is 12.6 Å². The van der Waals surface area contributed by atoms with E-state index in [0.717, 1.165) is 22.6 Å². The zero-order valence-electron chi connectivity index (χ0n) is 16.0. The number of carbonyl (C=O) groups is 2. The zero-order valence-corrected chi connectivity index (χ0v) is 16.8. The van der Waals surface area contributed by atoms with Gasteiger partial charge in [0.25, 0.3) is 5.91 Å². The average molecular weight is 413 g/mol. The number of fused-ring (bicyclic) bond motifs is 2. The van der Waals surface area contributed by atoms with Crippen molar-refractivity contribution < 1.29 is 23.5 Å². The summed E-state index contributed by atoms with van der Waals surface area (Å²) in [5, 5.41) is 3.35. The number of hydrogen-bond acceptors (Lipinski definition) is 5. The molecule has 150 valence electrons. The molecule has 1 N–H and O–H groups in total. The molecule has 2 heterocycles. The van der Waals surface area contributed by atoms with Crippen molar-refractivity contribution in [1.82, 2.24) is 5.32 Å². The Labute approximate surface area is 171 Å². The molecule has 4 rings (SSSR count). The second-order valence-corrected chi connectivity index (χ2v) is 8.01. The number of para-hydroxylation sites is 1. The van der Waals surface area contributed by atoms with Crippen molar-refractivity contribution in [2.75, 3.05) is 6.61 Å². The number of carbonyl (C=O) groups excluding carboxylic acids is 2. The first-order valence-electron chi connectivity index (χ1n) is 9.36. The lowest BCUT2D eigenvalue weighted by Gasteiger charge is -2.27. The van der Waals surface area contributed by atoms with E-state index in [1.165, 1.54) is 13.0 Å². The summed E-state index contributed by atoms with van der Waals surface area (Å²) in [6.45, 7) is 3.71. The number of amides is 1. The predicted molar refractivity (Wildman–Crippen MR) is 109 cm³/mol. The van der Waals surface area contributed by atoms with E-state index in [9.17, 15) is 14.0 Å². The minimum absolute atomic E-state index is 0.200. The normalized spacial score (nSPS) is 16.6. The van der Waals surface area contributed by atoms with Gasteiger partial charge in [0.2, 0.25) is 0 Å². The lowest BCUT2D eigenvalue weighted by atomic mass is 10.0. The van der Waals surface area contributed by atoms with Gasteiger partial charge in [-0.15, -0.1) is 11.3 Å². The summed E-state index contributed by atoms with van der Waals surface area (Å²) in [4.78, 5) is 25.5. The molecule has 1 amide bonds. The largest absolute Gasteiger partial charge is 0.493 e. The zero-order chi connectivity index (χ0) is 20.5. The Morgan fingerprint density at radius 3 is 2.83 bits per heavy atom. The molecule has 0 aliphatic carbocycles. The summed E-state index contributed by atoms with van der Waals surface area (Å²) in [5.74, 6) is -0.640. The quantitative estimate of drug-likeness (QED) is 0.638. The number of hydrogen-bond donors (Lipinski definition) is 1. The Morgan fingerprint density at radius 2 is 2.03 bits per heavy atom. The summed E-state index contributed by atoms with van der Waals surface area (Å²) >= 11 is 1.16. The molecule has 7 heteroatoms. The first kappa shape index (κ1) is 19.4. The third kappa shape index (κ3) is 3.70. The summed E-state index contributed by atoms with van der Waals surface area (Å²) in [6.07, 6.45) is -0.343. The lowest BCUT2D eigenvalue weighted by molar-refractivity contribution is -0.130. The molecule has 0 saturated carbocycles. The van der Waals surface area contributed by atoms with E-state index in [-0.39, 0.29) is 17.8 Å². The number of rotatable bonds is 4. The van der Waals surface area contributed by atoms with E-state index in [4.69, 9.17) is 9.47 Å². The number of benzene rings is 2. The topological polar surface area (TPSA) is 64.6 Å². The van der Waals surface area contributed by atoms with E-state index < -0.39 is 12.1 Å². The van der Waals surface area contributed by atoms with Gasteiger partial charge in [-0.1, -0.05) is 24.3 Å². The van der Waals surface area contributed by atoms with Gasteiger partial charge in [0.15, 0.2) is 6.10 Å². The van der Waals surface area contributed by atoms with Crippen LogP contribution in [0.5, 0.6) is 5.75 Å². The Balaban J connectivity index is 1.46. The van der Waals surface area contributed by atoms with Crippen molar-refractivity contribution in [3.63, 3.8) is 0 Å². The molecule has 0 fully saturated rings. The van der Waals surface area contributed by atoms with Crippen molar-refractivity contribution in [2.24, 2.45) is 0 Å². The maximum atomic E-state index is 14.1. The average Bonchev–Trinajstić information content (AvgIpc) is 3.06. The fourth-order valence-electron chi connectivity index (χ4n) is 3.50. The van der Waals surface area contributed by atoms with Gasteiger partial charge < -0.3 is 14.8 Å². The van der Waals surface area contributed by atoms with Gasteiger partial charge in [0, 0.05) is 22.1 Å². The molecule has 5 nitrogen and oxygen atoms in total. The number of aryl methyl sites for hydroxylation is 1. The second kappa shape index (κ2) is 7.83. The standard InChI is InChI=1S/C22H20FNO4S/c1-12-19-15(23)7-5-9-18(19)29-20(12)22(26)28-13(2)21(25)24-16-10-11-27-17-8-4-3-6-14(16)17/h3-9,13,16H,10-11H2,1-2H3,(H,24,25). The lowest BCUT2D eigenvalue weighted by Crippen LogP contribution is -2.39. The van der Waals surface area contributed by atoms with Crippen LogP contribution in [0.4, 0.5) is 4.39 Å². The molecular weight excluding hydrogens is 393 g/mol. The highest BCUT2D eigenvalue weighted by molar-refractivity contribution is 7.21. The molecule has 2 unspecified atom stereocenters. The molecule has 1 aliphatic heterocycles. The molecule has 3 aromatic rings. The van der Waals surface area contributed by atoms with Crippen LogP contribution in [-0.4, -0.2) is 24.6 Å². The van der Waals surface area contributed by atoms with Crippen LogP contribution in [0.3, 0.4) is 0 Å². The van der Waals surface area contributed by atoms with E-state index in [2.05, 4.69) is 5.32 Å². The molecule has 29 heavy (non-hydrogen) atoms. The minimum Gasteiger partial charge on any atom is -0.493 e. The first-order valence-corrected chi connectivity index (χ1v) is 10.2. The molecule has 2 atom stereocenters. The highest BCUT2D eigenvalue weighted by atomic mass is 32.1. The van der Waals surface area contributed by atoms with E-state index in [1.54, 1.807) is 19.1 Å². The van der Waals surface area contributed by atoms with Crippen molar-refractivity contribution in [3.8, 4) is 5.75 Å². The Kier molecular flexibility index (Phi) is 5.24. The number of halogens is 1. The summed E-state index contributed by atoms with van der Waals surface area (Å²) < 4.78 is 25.7. The maximum Gasteiger partial charge on any atom is 0.349 e. The van der Waals surface area contributed by atoms with E-state index >= 15 is 0 Å². The van der Waals surface area contributed by atoms with Crippen LogP contribution in [0.25, 0.3) is 10.1 Å². The van der Waals surface area contributed by atoms with Crippen molar-refractivity contribution in [1.29, 1.82) is 0 Å². The molecule has 0 radical (unpaired) electrons. The fraction of sp³-hybridized carbons (Fsp3) is 0.273. The summed E-state index contributed by atoms with van der Waals surface area (Å²) in [6, 6.07) is 12.1. The van der Waals surface area contributed by atoms with Crippen LogP contribution in [0.15, 0.2) is 42.5 Å². The van der Waals surface area contributed by atoms with Crippen molar-refractivity contribution in [2.45, 2.75) is 32.4 Å². The summed E-state index contributed by atoms with van der Waals surface area (Å²) in [7, 11) is 0. The highest BCUT2D eigenvalue weighted by Gasteiger charge is 2.27. The van der Waals surface area contributed by atoms with Gasteiger partial charge in [-0.25, -0.2) is 9.18 Å². The number of nitrogens with one attached hydrogen (secondary N) is 1. The van der Waals surface area contributed by atoms with Gasteiger partial charge in [-0.05, 0) is 37.6 Å². The number of esters is 1. The Morgan fingerprint density at radius 1 is 1.24 bits per heavy atom. The predicted octanol–water partition coefficient (Wildman–Crippen LogP) is 4.53. The Hall–Kier alpha value is -2.93.